The van der Waals surface area contributed by atoms with E-state index in [-0.39, 0.29) is 12.3 Å². The minimum atomic E-state index is 0.0767. The Morgan fingerprint density at radius 2 is 1.83 bits per heavy atom. The normalized spacial score (nSPS) is 14.8. The van der Waals surface area contributed by atoms with E-state index in [1.807, 2.05) is 24.0 Å². The summed E-state index contributed by atoms with van der Waals surface area (Å²) in [7, 11) is 0. The minimum Gasteiger partial charge on any atom is -0.342 e. The van der Waals surface area contributed by atoms with Gasteiger partial charge in [0.05, 0.1) is 6.42 Å². The van der Waals surface area contributed by atoms with Crippen molar-refractivity contribution in [1.29, 1.82) is 0 Å². The number of nitrogens with zero attached hydrogens (tertiary/aromatic N) is 4. The molecule has 7 heteroatoms. The third-order valence-corrected chi connectivity index (χ3v) is 5.94. The van der Waals surface area contributed by atoms with Crippen molar-refractivity contribution in [3.8, 4) is 0 Å². The fourth-order valence-electron chi connectivity index (χ4n) is 4.01. The van der Waals surface area contributed by atoms with E-state index in [0.717, 1.165) is 48.8 Å². The van der Waals surface area contributed by atoms with Crippen LogP contribution in [-0.2, 0) is 17.6 Å². The third kappa shape index (κ3) is 4.87. The second kappa shape index (κ2) is 8.96. The van der Waals surface area contributed by atoms with Crippen LogP contribution in [0.4, 0.5) is 0 Å². The van der Waals surface area contributed by atoms with Crippen molar-refractivity contribution in [2.45, 2.75) is 45.4 Å². The Kier molecular flexibility index (Phi) is 6.13. The van der Waals surface area contributed by atoms with Crippen LogP contribution in [0.3, 0.4) is 0 Å². The van der Waals surface area contributed by atoms with E-state index in [4.69, 9.17) is 21.2 Å². The largest absolute Gasteiger partial charge is 0.342 e. The summed E-state index contributed by atoms with van der Waals surface area (Å²) in [6.45, 7) is 5.31. The highest BCUT2D eigenvalue weighted by atomic mass is 35.5. The molecule has 1 fully saturated rings. The van der Waals surface area contributed by atoms with E-state index in [9.17, 15) is 4.79 Å². The number of carbonyl (C=O) groups excluding carboxylic acids is 1. The summed E-state index contributed by atoms with van der Waals surface area (Å²) in [6.07, 6.45) is 2.93. The van der Waals surface area contributed by atoms with Gasteiger partial charge in [-0.15, -0.1) is 0 Å². The molecule has 1 amide bonds. The Balaban J connectivity index is 1.39. The van der Waals surface area contributed by atoms with Crippen LogP contribution in [0.1, 0.15) is 52.7 Å². The summed E-state index contributed by atoms with van der Waals surface area (Å²) in [5.74, 6) is 0.446. The van der Waals surface area contributed by atoms with Crippen molar-refractivity contribution in [3.05, 3.63) is 75.3 Å². The highest BCUT2D eigenvalue weighted by Crippen LogP contribution is 2.28. The summed E-state index contributed by atoms with van der Waals surface area (Å²) in [5.41, 5.74) is 5.94. The molecule has 1 saturated heterocycles. The maximum atomic E-state index is 12.6. The molecular formula is C23H25ClN4O2. The Morgan fingerprint density at radius 3 is 2.50 bits per heavy atom. The molecule has 0 saturated carbocycles. The van der Waals surface area contributed by atoms with Gasteiger partial charge in [-0.3, -0.25) is 9.78 Å². The second-order valence-electron chi connectivity index (χ2n) is 7.97. The zero-order valence-corrected chi connectivity index (χ0v) is 18.0. The quantitative estimate of drug-likeness (QED) is 0.611. The molecule has 0 aliphatic carbocycles. The molecule has 2 aromatic heterocycles. The first-order valence-corrected chi connectivity index (χ1v) is 10.6. The highest BCUT2D eigenvalue weighted by Gasteiger charge is 2.26. The van der Waals surface area contributed by atoms with Gasteiger partial charge >= 0.3 is 0 Å². The van der Waals surface area contributed by atoms with E-state index in [1.165, 1.54) is 11.1 Å². The van der Waals surface area contributed by atoms with Gasteiger partial charge in [0.2, 0.25) is 5.91 Å². The van der Waals surface area contributed by atoms with E-state index >= 15 is 0 Å². The van der Waals surface area contributed by atoms with Gasteiger partial charge in [0.15, 0.2) is 0 Å². The van der Waals surface area contributed by atoms with E-state index in [1.54, 1.807) is 6.92 Å². The fraction of sp³-hybridized carbons (Fsp3) is 0.391. The van der Waals surface area contributed by atoms with Gasteiger partial charge in [0, 0.05) is 35.4 Å². The SMILES string of the molecule is Cc1cc(Cc2ccc(Cl)cc2)cc(C2CCN(C(=O)Cc3nonc3C)CC2)n1. The number of carbonyl (C=O) groups is 1. The molecule has 156 valence electrons. The maximum Gasteiger partial charge on any atom is 0.228 e. The van der Waals surface area contributed by atoms with Crippen molar-refractivity contribution in [2.24, 2.45) is 0 Å². The van der Waals surface area contributed by atoms with Gasteiger partial charge < -0.3 is 4.90 Å². The Bertz CT molecular complexity index is 1020. The first-order valence-electron chi connectivity index (χ1n) is 10.3. The lowest BCUT2D eigenvalue weighted by molar-refractivity contribution is -0.131. The fourth-order valence-corrected chi connectivity index (χ4v) is 4.13. The molecular weight excluding hydrogens is 400 g/mol. The van der Waals surface area contributed by atoms with Gasteiger partial charge in [0.25, 0.3) is 0 Å². The molecule has 0 spiro atoms. The van der Waals surface area contributed by atoms with Crippen molar-refractivity contribution in [2.75, 3.05) is 13.1 Å². The number of rotatable bonds is 5. The molecule has 1 aliphatic heterocycles. The van der Waals surface area contributed by atoms with Crippen LogP contribution in [-0.4, -0.2) is 39.2 Å². The Hall–Kier alpha value is -2.73. The van der Waals surface area contributed by atoms with E-state index in [0.29, 0.717) is 17.3 Å². The molecule has 3 aromatic rings. The first-order chi connectivity index (χ1) is 14.5. The van der Waals surface area contributed by atoms with Crippen LogP contribution in [0.25, 0.3) is 0 Å². The topological polar surface area (TPSA) is 72.1 Å². The lowest BCUT2D eigenvalue weighted by Gasteiger charge is -2.32. The monoisotopic (exact) mass is 424 g/mol. The van der Waals surface area contributed by atoms with Crippen LogP contribution in [0.5, 0.6) is 0 Å². The molecule has 6 nitrogen and oxygen atoms in total. The van der Waals surface area contributed by atoms with Crippen LogP contribution >= 0.6 is 11.6 Å². The summed E-state index contributed by atoms with van der Waals surface area (Å²) < 4.78 is 4.69. The number of halogens is 1. The van der Waals surface area contributed by atoms with Crippen LogP contribution in [0, 0.1) is 13.8 Å². The number of hydrogen-bond donors (Lipinski definition) is 0. The molecule has 0 N–H and O–H groups in total. The number of pyridine rings is 1. The van der Waals surface area contributed by atoms with Gasteiger partial charge in [0.1, 0.15) is 11.4 Å². The maximum absolute atomic E-state index is 12.6. The smallest absolute Gasteiger partial charge is 0.228 e. The minimum absolute atomic E-state index is 0.0767. The van der Waals surface area contributed by atoms with Crippen molar-refractivity contribution < 1.29 is 9.42 Å². The second-order valence-corrected chi connectivity index (χ2v) is 8.41. The molecule has 0 atom stereocenters. The Morgan fingerprint density at radius 1 is 1.10 bits per heavy atom. The number of benzene rings is 1. The Labute approximate surface area is 181 Å². The average Bonchev–Trinajstić information content (AvgIpc) is 3.14. The molecule has 0 unspecified atom stereocenters. The summed E-state index contributed by atoms with van der Waals surface area (Å²) in [4.78, 5) is 19.3. The molecule has 0 bridgehead atoms. The predicted octanol–water partition coefficient (Wildman–Crippen LogP) is 4.27. The van der Waals surface area contributed by atoms with Crippen LogP contribution < -0.4 is 0 Å². The zero-order valence-electron chi connectivity index (χ0n) is 17.3. The van der Waals surface area contributed by atoms with Crippen molar-refractivity contribution in [1.82, 2.24) is 20.2 Å². The van der Waals surface area contributed by atoms with Crippen molar-refractivity contribution in [3.63, 3.8) is 0 Å². The lowest BCUT2D eigenvalue weighted by atomic mass is 9.91. The first kappa shape index (κ1) is 20.5. The lowest BCUT2D eigenvalue weighted by Crippen LogP contribution is -2.39. The zero-order chi connectivity index (χ0) is 21.1. The number of likely N-dealkylation sites (tertiary alicyclic amines) is 1. The van der Waals surface area contributed by atoms with Gasteiger partial charge in [-0.25, -0.2) is 4.63 Å². The third-order valence-electron chi connectivity index (χ3n) is 5.69. The molecule has 0 radical (unpaired) electrons. The standard InChI is InChI=1S/C23H25ClN4O2/c1-15-11-18(12-17-3-5-20(24)6-4-17)13-22(25-15)19-7-9-28(10-8-19)23(29)14-21-16(2)26-30-27-21/h3-6,11,13,19H,7-10,12,14H2,1-2H3. The number of aryl methyl sites for hydroxylation is 2. The van der Waals surface area contributed by atoms with Gasteiger partial charge in [-0.05, 0) is 68.5 Å². The highest BCUT2D eigenvalue weighted by molar-refractivity contribution is 6.30. The molecule has 1 aromatic carbocycles. The summed E-state index contributed by atoms with van der Waals surface area (Å²) in [5, 5.41) is 8.32. The number of amides is 1. The molecule has 4 rings (SSSR count). The van der Waals surface area contributed by atoms with Gasteiger partial charge in [-0.2, -0.15) is 0 Å². The van der Waals surface area contributed by atoms with E-state index in [2.05, 4.69) is 34.6 Å². The van der Waals surface area contributed by atoms with E-state index < -0.39 is 0 Å². The van der Waals surface area contributed by atoms with Gasteiger partial charge in [-0.1, -0.05) is 34.0 Å². The number of hydrogen-bond acceptors (Lipinski definition) is 5. The van der Waals surface area contributed by atoms with Crippen molar-refractivity contribution >= 4 is 17.5 Å². The van der Waals surface area contributed by atoms with Crippen LogP contribution in [0.15, 0.2) is 41.0 Å². The summed E-state index contributed by atoms with van der Waals surface area (Å²) in [6, 6.07) is 12.3. The number of piperidine rings is 1. The molecule has 1 aliphatic rings. The number of aromatic nitrogens is 3. The van der Waals surface area contributed by atoms with Crippen LogP contribution in [0.2, 0.25) is 5.02 Å². The molecule has 30 heavy (non-hydrogen) atoms. The predicted molar refractivity (Wildman–Crippen MR) is 115 cm³/mol. The molecule has 3 heterocycles. The summed E-state index contributed by atoms with van der Waals surface area (Å²) >= 11 is 6.00. The average molecular weight is 425 g/mol.